The second-order valence-electron chi connectivity index (χ2n) is 5.85. The number of H-pyrrole nitrogens is 1. The lowest BCUT2D eigenvalue weighted by atomic mass is 10.0. The van der Waals surface area contributed by atoms with Gasteiger partial charge in [0.25, 0.3) is 0 Å². The molecule has 7 nitrogen and oxygen atoms in total. The van der Waals surface area contributed by atoms with Gasteiger partial charge >= 0.3 is 0 Å². The maximum atomic E-state index is 12.6. The van der Waals surface area contributed by atoms with Gasteiger partial charge in [0.05, 0.1) is 0 Å². The summed E-state index contributed by atoms with van der Waals surface area (Å²) in [5.74, 6) is 0.412. The summed E-state index contributed by atoms with van der Waals surface area (Å²) in [6, 6.07) is 8.76. The lowest BCUT2D eigenvalue weighted by Gasteiger charge is -2.17. The molecule has 2 heterocycles. The van der Waals surface area contributed by atoms with Gasteiger partial charge in [0, 0.05) is 36.0 Å². The van der Waals surface area contributed by atoms with Crippen molar-refractivity contribution < 1.29 is 14.1 Å². The van der Waals surface area contributed by atoms with Gasteiger partial charge in [0.2, 0.25) is 11.8 Å². The second-order valence-corrected chi connectivity index (χ2v) is 5.85. The van der Waals surface area contributed by atoms with Crippen molar-refractivity contribution in [2.45, 2.75) is 32.7 Å². The Hall–Kier alpha value is -3.09. The fourth-order valence-corrected chi connectivity index (χ4v) is 2.66. The van der Waals surface area contributed by atoms with Crippen molar-refractivity contribution in [3.63, 3.8) is 0 Å². The van der Waals surface area contributed by atoms with Crippen LogP contribution >= 0.6 is 0 Å². The zero-order valence-electron chi connectivity index (χ0n) is 14.1. The van der Waals surface area contributed by atoms with Crippen LogP contribution in [0.25, 0.3) is 10.9 Å². The molecule has 0 bridgehead atoms. The summed E-state index contributed by atoms with van der Waals surface area (Å²) in [7, 11) is 0. The topological polar surface area (TPSA) is 100 Å². The van der Waals surface area contributed by atoms with Gasteiger partial charge in [-0.25, -0.2) is 0 Å². The fourth-order valence-electron chi connectivity index (χ4n) is 2.66. The summed E-state index contributed by atoms with van der Waals surface area (Å²) in [6.07, 6.45) is 2.54. The van der Waals surface area contributed by atoms with Gasteiger partial charge in [0.15, 0.2) is 5.82 Å². The molecule has 0 aliphatic rings. The molecule has 3 aromatic rings. The molecule has 0 unspecified atom stereocenters. The highest BCUT2D eigenvalue weighted by Gasteiger charge is 2.23. The number of nitrogens with zero attached hydrogens (tertiary/aromatic N) is 1. The van der Waals surface area contributed by atoms with Crippen LogP contribution in [-0.4, -0.2) is 28.0 Å². The molecule has 1 atom stereocenters. The van der Waals surface area contributed by atoms with Crippen LogP contribution in [0.3, 0.4) is 0 Å². The minimum Gasteiger partial charge on any atom is -0.361 e. The summed E-state index contributed by atoms with van der Waals surface area (Å²) in [5.41, 5.74) is 1.95. The van der Waals surface area contributed by atoms with Crippen LogP contribution in [-0.2, 0) is 16.0 Å². The number of benzene rings is 1. The molecule has 0 spiro atoms. The van der Waals surface area contributed by atoms with Gasteiger partial charge in [0.1, 0.15) is 11.8 Å². The minimum atomic E-state index is -0.705. The van der Waals surface area contributed by atoms with E-state index in [9.17, 15) is 9.59 Å². The molecular weight excluding hydrogens is 320 g/mol. The highest BCUT2D eigenvalue weighted by atomic mass is 16.5. The molecule has 0 aliphatic carbocycles. The van der Waals surface area contributed by atoms with Gasteiger partial charge in [-0.2, -0.15) is 0 Å². The van der Waals surface area contributed by atoms with Crippen molar-refractivity contribution in [2.75, 3.05) is 5.32 Å². The standard InChI is InChI=1S/C18H20N4O3/c1-3-17(23)20-15(18(24)21-16-8-11(2)25-22-16)9-12-10-19-14-7-5-4-6-13(12)14/h4-8,10,15,19H,3,9H2,1-2H3,(H,20,23)(H,21,22,24)/t15-/m0/s1. The summed E-state index contributed by atoms with van der Waals surface area (Å²) in [6.45, 7) is 3.49. The third kappa shape index (κ3) is 3.88. The fraction of sp³-hybridized carbons (Fsp3) is 0.278. The predicted octanol–water partition coefficient (Wildman–Crippen LogP) is 2.54. The first-order valence-corrected chi connectivity index (χ1v) is 8.15. The molecule has 1 aromatic carbocycles. The van der Waals surface area contributed by atoms with E-state index < -0.39 is 6.04 Å². The molecule has 25 heavy (non-hydrogen) atoms. The number of aromatic amines is 1. The Bertz CT molecular complexity index is 897. The molecule has 2 aromatic heterocycles. The minimum absolute atomic E-state index is 0.184. The molecule has 130 valence electrons. The van der Waals surface area contributed by atoms with E-state index in [1.165, 1.54) is 0 Å². The van der Waals surface area contributed by atoms with Crippen molar-refractivity contribution >= 4 is 28.5 Å². The van der Waals surface area contributed by atoms with Gasteiger partial charge < -0.3 is 20.1 Å². The lowest BCUT2D eigenvalue weighted by molar-refractivity contribution is -0.126. The first-order chi connectivity index (χ1) is 12.1. The normalized spacial score (nSPS) is 12.1. The lowest BCUT2D eigenvalue weighted by Crippen LogP contribution is -2.45. The average molecular weight is 340 g/mol. The van der Waals surface area contributed by atoms with Crippen LogP contribution in [0.2, 0.25) is 0 Å². The zero-order chi connectivity index (χ0) is 17.8. The molecule has 3 N–H and O–H groups in total. The maximum Gasteiger partial charge on any atom is 0.248 e. The molecule has 0 saturated heterocycles. The Morgan fingerprint density at radius 1 is 1.32 bits per heavy atom. The highest BCUT2D eigenvalue weighted by Crippen LogP contribution is 2.19. The van der Waals surface area contributed by atoms with Crippen molar-refractivity contribution in [2.24, 2.45) is 0 Å². The number of carbonyl (C=O) groups is 2. The highest BCUT2D eigenvalue weighted by molar-refractivity contribution is 5.97. The van der Waals surface area contributed by atoms with Crippen molar-refractivity contribution in [1.82, 2.24) is 15.5 Å². The molecule has 3 rings (SSSR count). The van der Waals surface area contributed by atoms with E-state index in [1.807, 2.05) is 30.5 Å². The van der Waals surface area contributed by atoms with Crippen LogP contribution in [0.5, 0.6) is 0 Å². The van der Waals surface area contributed by atoms with Crippen LogP contribution < -0.4 is 10.6 Å². The Balaban J connectivity index is 1.81. The molecule has 0 radical (unpaired) electrons. The van der Waals surface area contributed by atoms with E-state index in [1.54, 1.807) is 19.9 Å². The van der Waals surface area contributed by atoms with Crippen LogP contribution in [0.15, 0.2) is 41.1 Å². The molecule has 7 heteroatoms. The Morgan fingerprint density at radius 3 is 2.84 bits per heavy atom. The van der Waals surface area contributed by atoms with Gasteiger partial charge in [-0.3, -0.25) is 9.59 Å². The van der Waals surface area contributed by atoms with Crippen molar-refractivity contribution in [3.8, 4) is 0 Å². The Labute approximate surface area is 144 Å². The van der Waals surface area contributed by atoms with Crippen LogP contribution in [0.4, 0.5) is 5.82 Å². The molecule has 2 amide bonds. The van der Waals surface area contributed by atoms with Gasteiger partial charge in [-0.1, -0.05) is 30.3 Å². The number of carbonyl (C=O) groups excluding carboxylic acids is 2. The summed E-state index contributed by atoms with van der Waals surface area (Å²) in [4.78, 5) is 27.6. The maximum absolute atomic E-state index is 12.6. The number of para-hydroxylation sites is 1. The summed E-state index contributed by atoms with van der Waals surface area (Å²) >= 11 is 0. The largest absolute Gasteiger partial charge is 0.361 e. The Morgan fingerprint density at radius 2 is 2.12 bits per heavy atom. The molecule has 0 fully saturated rings. The molecule has 0 saturated carbocycles. The van der Waals surface area contributed by atoms with E-state index in [0.717, 1.165) is 16.5 Å². The third-order valence-electron chi connectivity index (χ3n) is 3.95. The third-order valence-corrected chi connectivity index (χ3v) is 3.95. The zero-order valence-corrected chi connectivity index (χ0v) is 14.1. The predicted molar refractivity (Wildman–Crippen MR) is 94.1 cm³/mol. The second kappa shape index (κ2) is 7.21. The first kappa shape index (κ1) is 16.8. The smallest absolute Gasteiger partial charge is 0.248 e. The first-order valence-electron chi connectivity index (χ1n) is 8.15. The van der Waals surface area contributed by atoms with Crippen molar-refractivity contribution in [3.05, 3.63) is 47.9 Å². The summed E-state index contributed by atoms with van der Waals surface area (Å²) in [5, 5.41) is 10.2. The number of amides is 2. The van der Waals surface area contributed by atoms with Gasteiger partial charge in [-0.15, -0.1) is 0 Å². The summed E-state index contributed by atoms with van der Waals surface area (Å²) < 4.78 is 4.95. The SMILES string of the molecule is CCC(=O)N[C@@H](Cc1c[nH]c2ccccc12)C(=O)Nc1cc(C)on1. The average Bonchev–Trinajstić information content (AvgIpc) is 3.20. The number of anilines is 1. The van der Waals surface area contributed by atoms with Gasteiger partial charge in [-0.05, 0) is 18.6 Å². The Kier molecular flexibility index (Phi) is 4.83. The number of hydrogen-bond acceptors (Lipinski definition) is 4. The quantitative estimate of drug-likeness (QED) is 0.642. The molecule has 0 aliphatic heterocycles. The number of aromatic nitrogens is 2. The van der Waals surface area contributed by atoms with Crippen LogP contribution in [0.1, 0.15) is 24.7 Å². The van der Waals surface area contributed by atoms with Crippen molar-refractivity contribution in [1.29, 1.82) is 0 Å². The van der Waals surface area contributed by atoms with Crippen LogP contribution in [0, 0.1) is 6.92 Å². The van der Waals surface area contributed by atoms with E-state index in [2.05, 4.69) is 20.8 Å². The number of rotatable bonds is 6. The van der Waals surface area contributed by atoms with E-state index in [4.69, 9.17) is 4.52 Å². The number of fused-ring (bicyclic) bond motifs is 1. The molecular formula is C18H20N4O3. The van der Waals surface area contributed by atoms with E-state index in [0.29, 0.717) is 24.4 Å². The van der Waals surface area contributed by atoms with E-state index in [-0.39, 0.29) is 11.8 Å². The number of nitrogens with one attached hydrogen (secondary N) is 3. The number of aryl methyl sites for hydroxylation is 1. The monoisotopic (exact) mass is 340 g/mol. The van der Waals surface area contributed by atoms with E-state index >= 15 is 0 Å². The number of hydrogen-bond donors (Lipinski definition) is 3.